The summed E-state index contributed by atoms with van der Waals surface area (Å²) in [4.78, 5) is 11.1. The van der Waals surface area contributed by atoms with E-state index in [4.69, 9.17) is 11.6 Å². The summed E-state index contributed by atoms with van der Waals surface area (Å²) in [6.45, 7) is 3.56. The van der Waals surface area contributed by atoms with Crippen LogP contribution in [0, 0.1) is 5.82 Å². The van der Waals surface area contributed by atoms with Gasteiger partial charge in [0.25, 0.3) is 0 Å². The number of amides is 1. The second-order valence-corrected chi connectivity index (χ2v) is 4.09. The van der Waals surface area contributed by atoms with Gasteiger partial charge < -0.3 is 10.6 Å². The molecule has 94 valence electrons. The molecule has 1 rings (SSSR count). The van der Waals surface area contributed by atoms with E-state index in [1.165, 1.54) is 12.1 Å². The molecule has 0 saturated heterocycles. The van der Waals surface area contributed by atoms with Crippen LogP contribution >= 0.6 is 11.6 Å². The highest BCUT2D eigenvalue weighted by Crippen LogP contribution is 2.13. The molecule has 0 radical (unpaired) electrons. The summed E-state index contributed by atoms with van der Waals surface area (Å²) < 4.78 is 13.0. The first kappa shape index (κ1) is 13.9. The lowest BCUT2D eigenvalue weighted by molar-refractivity contribution is -0.120. The lowest BCUT2D eigenvalue weighted by Gasteiger charge is -2.06. The van der Waals surface area contributed by atoms with Crippen LogP contribution in [0.5, 0.6) is 0 Å². The van der Waals surface area contributed by atoms with E-state index in [0.717, 1.165) is 5.56 Å². The molecule has 1 amide bonds. The Balaban J connectivity index is 2.28. The standard InChI is InChI=1S/C12H16ClFN2O/c1-2-16-12(17)3-4-15-8-9-5-10(13)7-11(14)6-9/h5-7,15H,2-4,8H2,1H3,(H,16,17). The summed E-state index contributed by atoms with van der Waals surface area (Å²) in [6.07, 6.45) is 0.414. The maximum absolute atomic E-state index is 13.0. The SMILES string of the molecule is CCNC(=O)CCNCc1cc(F)cc(Cl)c1. The normalized spacial score (nSPS) is 10.3. The molecule has 0 saturated carbocycles. The molecule has 5 heteroatoms. The molecule has 0 atom stereocenters. The van der Waals surface area contributed by atoms with Gasteiger partial charge in [0.1, 0.15) is 5.82 Å². The summed E-state index contributed by atoms with van der Waals surface area (Å²) in [7, 11) is 0. The first-order valence-electron chi connectivity index (χ1n) is 5.54. The molecule has 0 spiro atoms. The van der Waals surface area contributed by atoms with Gasteiger partial charge in [0.05, 0.1) is 0 Å². The Hall–Kier alpha value is -1.13. The number of rotatable bonds is 6. The maximum Gasteiger partial charge on any atom is 0.221 e. The van der Waals surface area contributed by atoms with E-state index in [-0.39, 0.29) is 11.7 Å². The van der Waals surface area contributed by atoms with Gasteiger partial charge in [-0.25, -0.2) is 4.39 Å². The Morgan fingerprint density at radius 1 is 1.41 bits per heavy atom. The first-order valence-corrected chi connectivity index (χ1v) is 5.92. The molecule has 0 aliphatic rings. The van der Waals surface area contributed by atoms with Crippen molar-refractivity contribution in [3.05, 3.63) is 34.6 Å². The zero-order valence-electron chi connectivity index (χ0n) is 9.72. The molecule has 0 bridgehead atoms. The van der Waals surface area contributed by atoms with Crippen LogP contribution in [0.4, 0.5) is 4.39 Å². The summed E-state index contributed by atoms with van der Waals surface area (Å²) in [5.41, 5.74) is 0.769. The van der Waals surface area contributed by atoms with Crippen LogP contribution in [-0.4, -0.2) is 19.0 Å². The van der Waals surface area contributed by atoms with Crippen molar-refractivity contribution in [2.75, 3.05) is 13.1 Å². The van der Waals surface area contributed by atoms with Crippen molar-refractivity contribution in [3.8, 4) is 0 Å². The molecule has 0 fully saturated rings. The Morgan fingerprint density at radius 2 is 2.18 bits per heavy atom. The molecule has 1 aromatic rings. The van der Waals surface area contributed by atoms with E-state index in [2.05, 4.69) is 10.6 Å². The predicted octanol–water partition coefficient (Wildman–Crippen LogP) is 2.09. The van der Waals surface area contributed by atoms with Crippen molar-refractivity contribution in [1.82, 2.24) is 10.6 Å². The van der Waals surface area contributed by atoms with Gasteiger partial charge in [0, 0.05) is 31.1 Å². The van der Waals surface area contributed by atoms with Crippen molar-refractivity contribution in [1.29, 1.82) is 0 Å². The molecule has 1 aromatic carbocycles. The Morgan fingerprint density at radius 3 is 2.82 bits per heavy atom. The molecule has 17 heavy (non-hydrogen) atoms. The monoisotopic (exact) mass is 258 g/mol. The van der Waals surface area contributed by atoms with Gasteiger partial charge in [0.2, 0.25) is 5.91 Å². The van der Waals surface area contributed by atoms with Crippen molar-refractivity contribution in [3.63, 3.8) is 0 Å². The molecular formula is C12H16ClFN2O. The number of nitrogens with one attached hydrogen (secondary N) is 2. The van der Waals surface area contributed by atoms with Gasteiger partial charge in [-0.3, -0.25) is 4.79 Å². The summed E-state index contributed by atoms with van der Waals surface area (Å²) >= 11 is 5.72. The maximum atomic E-state index is 13.0. The van der Waals surface area contributed by atoms with Crippen molar-refractivity contribution in [2.45, 2.75) is 19.9 Å². The molecule has 0 aromatic heterocycles. The summed E-state index contributed by atoms with van der Waals surface area (Å²) in [5.74, 6) is -0.338. The van der Waals surface area contributed by atoms with E-state index in [1.807, 2.05) is 6.92 Å². The third-order valence-corrected chi connectivity index (χ3v) is 2.37. The summed E-state index contributed by atoms with van der Waals surface area (Å²) in [6, 6.07) is 4.38. The van der Waals surface area contributed by atoms with E-state index >= 15 is 0 Å². The van der Waals surface area contributed by atoms with Gasteiger partial charge in [-0.2, -0.15) is 0 Å². The average Bonchev–Trinajstić information content (AvgIpc) is 2.23. The molecule has 0 unspecified atom stereocenters. The lowest BCUT2D eigenvalue weighted by atomic mass is 10.2. The fourth-order valence-corrected chi connectivity index (χ4v) is 1.68. The smallest absolute Gasteiger partial charge is 0.221 e. The van der Waals surface area contributed by atoms with Crippen molar-refractivity contribution >= 4 is 17.5 Å². The number of carbonyl (C=O) groups is 1. The predicted molar refractivity (Wildman–Crippen MR) is 66.4 cm³/mol. The van der Waals surface area contributed by atoms with Crippen LogP contribution in [-0.2, 0) is 11.3 Å². The third-order valence-electron chi connectivity index (χ3n) is 2.15. The minimum absolute atomic E-state index is 0.0114. The third kappa shape index (κ3) is 5.65. The van der Waals surface area contributed by atoms with E-state index in [0.29, 0.717) is 31.1 Å². The number of hydrogen-bond acceptors (Lipinski definition) is 2. The quantitative estimate of drug-likeness (QED) is 0.768. The summed E-state index contributed by atoms with van der Waals surface area (Å²) in [5, 5.41) is 6.14. The highest BCUT2D eigenvalue weighted by Gasteiger charge is 2.01. The first-order chi connectivity index (χ1) is 8.11. The van der Waals surface area contributed by atoms with Gasteiger partial charge in [-0.1, -0.05) is 11.6 Å². The van der Waals surface area contributed by atoms with Gasteiger partial charge in [-0.05, 0) is 30.7 Å². The van der Waals surface area contributed by atoms with Gasteiger partial charge in [0.15, 0.2) is 0 Å². The Kier molecular flexibility index (Phi) is 5.94. The second-order valence-electron chi connectivity index (χ2n) is 3.66. The van der Waals surface area contributed by atoms with Crippen LogP contribution in [0.1, 0.15) is 18.9 Å². The zero-order valence-corrected chi connectivity index (χ0v) is 10.5. The highest BCUT2D eigenvalue weighted by molar-refractivity contribution is 6.30. The van der Waals surface area contributed by atoms with Crippen LogP contribution in [0.3, 0.4) is 0 Å². The van der Waals surface area contributed by atoms with E-state index in [1.54, 1.807) is 6.07 Å². The van der Waals surface area contributed by atoms with Crippen LogP contribution in [0.2, 0.25) is 5.02 Å². The topological polar surface area (TPSA) is 41.1 Å². The van der Waals surface area contributed by atoms with E-state index < -0.39 is 0 Å². The van der Waals surface area contributed by atoms with Gasteiger partial charge >= 0.3 is 0 Å². The minimum atomic E-state index is -0.349. The molecule has 0 aliphatic heterocycles. The van der Waals surface area contributed by atoms with Crippen LogP contribution in [0.25, 0.3) is 0 Å². The highest BCUT2D eigenvalue weighted by atomic mass is 35.5. The van der Waals surface area contributed by atoms with Crippen molar-refractivity contribution in [2.24, 2.45) is 0 Å². The molecule has 0 aliphatic carbocycles. The number of hydrogen-bond donors (Lipinski definition) is 2. The Labute approximate surface area is 105 Å². The van der Waals surface area contributed by atoms with Crippen molar-refractivity contribution < 1.29 is 9.18 Å². The number of carbonyl (C=O) groups excluding carboxylic acids is 1. The largest absolute Gasteiger partial charge is 0.356 e. The average molecular weight is 259 g/mol. The zero-order chi connectivity index (χ0) is 12.7. The number of halogens is 2. The second kappa shape index (κ2) is 7.25. The lowest BCUT2D eigenvalue weighted by Crippen LogP contribution is -2.27. The van der Waals surface area contributed by atoms with E-state index in [9.17, 15) is 9.18 Å². The minimum Gasteiger partial charge on any atom is -0.356 e. The molecule has 3 nitrogen and oxygen atoms in total. The molecule has 0 heterocycles. The molecule has 2 N–H and O–H groups in total. The van der Waals surface area contributed by atoms with Gasteiger partial charge in [-0.15, -0.1) is 0 Å². The fourth-order valence-electron chi connectivity index (χ4n) is 1.43. The Bertz CT molecular complexity index is 365. The molecular weight excluding hydrogens is 243 g/mol. The number of benzene rings is 1. The fraction of sp³-hybridized carbons (Fsp3) is 0.417. The van der Waals surface area contributed by atoms with Crippen LogP contribution in [0.15, 0.2) is 18.2 Å². The van der Waals surface area contributed by atoms with Crippen LogP contribution < -0.4 is 10.6 Å².